The van der Waals surface area contributed by atoms with Crippen molar-refractivity contribution in [3.05, 3.63) is 71.8 Å². The van der Waals surface area contributed by atoms with Gasteiger partial charge < -0.3 is 4.90 Å². The van der Waals surface area contributed by atoms with Crippen molar-refractivity contribution in [1.82, 2.24) is 4.90 Å². The van der Waals surface area contributed by atoms with E-state index in [0.717, 1.165) is 16.9 Å². The van der Waals surface area contributed by atoms with Crippen LogP contribution in [0.1, 0.15) is 31.0 Å². The van der Waals surface area contributed by atoms with Gasteiger partial charge in [-0.25, -0.2) is 0 Å². The minimum atomic E-state index is -0.0375. The molecule has 0 aliphatic rings. The van der Waals surface area contributed by atoms with Gasteiger partial charge in [0, 0.05) is 7.05 Å². The van der Waals surface area contributed by atoms with E-state index in [1.54, 1.807) is 11.8 Å². The first kappa shape index (κ1) is 17.6. The second-order valence-corrected chi connectivity index (χ2v) is 7.17. The van der Waals surface area contributed by atoms with E-state index >= 15 is 0 Å². The Morgan fingerprint density at radius 1 is 0.957 bits per heavy atom. The van der Waals surface area contributed by atoms with Crippen molar-refractivity contribution < 1.29 is 4.79 Å². The quantitative estimate of drug-likeness (QED) is 0.739. The minimum Gasteiger partial charge on any atom is -0.334 e. The molecule has 0 N–H and O–H groups in total. The highest BCUT2D eigenvalue weighted by Crippen LogP contribution is 2.28. The summed E-state index contributed by atoms with van der Waals surface area (Å²) in [6.45, 7) is 4.36. The molecule has 0 bridgehead atoms. The van der Waals surface area contributed by atoms with Crippen LogP contribution in [0.3, 0.4) is 0 Å². The molecule has 2 nitrogen and oxygen atoms in total. The van der Waals surface area contributed by atoms with Crippen LogP contribution < -0.4 is 0 Å². The smallest absolute Gasteiger partial charge is 0.233 e. The fourth-order valence-corrected chi connectivity index (χ4v) is 3.51. The highest BCUT2D eigenvalue weighted by atomic mass is 32.2. The molecule has 2 aromatic rings. The van der Waals surface area contributed by atoms with Gasteiger partial charge in [-0.15, -0.1) is 0 Å². The number of thioether (sulfide) groups is 1. The molecule has 0 radical (unpaired) electrons. The zero-order valence-corrected chi connectivity index (χ0v) is 14.9. The lowest BCUT2D eigenvalue weighted by atomic mass is 9.97. The van der Waals surface area contributed by atoms with Gasteiger partial charge in [0.15, 0.2) is 0 Å². The summed E-state index contributed by atoms with van der Waals surface area (Å²) in [4.78, 5) is 14.5. The van der Waals surface area contributed by atoms with E-state index in [1.807, 2.05) is 48.3 Å². The van der Waals surface area contributed by atoms with Gasteiger partial charge in [-0.3, -0.25) is 4.79 Å². The van der Waals surface area contributed by atoms with E-state index in [0.29, 0.717) is 11.7 Å². The van der Waals surface area contributed by atoms with Crippen LogP contribution in [-0.2, 0) is 4.79 Å². The molecule has 2 rings (SSSR count). The Hall–Kier alpha value is -1.74. The molecule has 0 aliphatic heterocycles. The largest absolute Gasteiger partial charge is 0.334 e. The molecular weight excluding hydrogens is 302 g/mol. The Morgan fingerprint density at radius 3 is 1.87 bits per heavy atom. The lowest BCUT2D eigenvalue weighted by Gasteiger charge is -2.29. The molecule has 0 saturated carbocycles. The number of benzene rings is 2. The molecule has 0 unspecified atom stereocenters. The Kier molecular flexibility index (Phi) is 6.72. The van der Waals surface area contributed by atoms with Crippen molar-refractivity contribution in [2.45, 2.75) is 19.9 Å². The van der Waals surface area contributed by atoms with E-state index in [1.165, 1.54) is 0 Å². The topological polar surface area (TPSA) is 20.3 Å². The number of hydrogen-bond donors (Lipinski definition) is 0. The van der Waals surface area contributed by atoms with E-state index in [4.69, 9.17) is 0 Å². The molecule has 0 fully saturated rings. The second kappa shape index (κ2) is 8.78. The second-order valence-electron chi connectivity index (χ2n) is 6.14. The molecule has 3 heteroatoms. The summed E-state index contributed by atoms with van der Waals surface area (Å²) in [6, 6.07) is 20.4. The summed E-state index contributed by atoms with van der Waals surface area (Å²) in [5, 5.41) is 0. The molecular formula is C20H25NOS. The van der Waals surface area contributed by atoms with Crippen molar-refractivity contribution >= 4 is 17.7 Å². The summed E-state index contributed by atoms with van der Waals surface area (Å²) < 4.78 is 0. The Labute approximate surface area is 143 Å². The van der Waals surface area contributed by atoms with Crippen LogP contribution in [0.5, 0.6) is 0 Å². The summed E-state index contributed by atoms with van der Waals surface area (Å²) in [5.41, 5.74) is 2.28. The average Bonchev–Trinajstić information content (AvgIpc) is 2.56. The number of amides is 1. The first-order valence-electron chi connectivity index (χ1n) is 8.03. The Morgan fingerprint density at radius 2 is 1.43 bits per heavy atom. The van der Waals surface area contributed by atoms with Crippen LogP contribution in [0.15, 0.2) is 60.7 Å². The van der Waals surface area contributed by atoms with Gasteiger partial charge in [0.25, 0.3) is 0 Å². The normalized spacial score (nSPS) is 11.0. The minimum absolute atomic E-state index is 0.0375. The van der Waals surface area contributed by atoms with Crippen molar-refractivity contribution in [2.75, 3.05) is 18.6 Å². The summed E-state index contributed by atoms with van der Waals surface area (Å²) in [7, 11) is 1.91. The molecule has 0 saturated heterocycles. The lowest BCUT2D eigenvalue weighted by Crippen LogP contribution is -2.33. The standard InChI is InChI=1S/C20H25NOS/c1-16(2)14-23-15-19(22)21(3)20(17-10-6-4-7-11-17)18-12-8-5-9-13-18/h4-13,16,20H,14-15H2,1-3H3. The first-order chi connectivity index (χ1) is 11.1. The van der Waals surface area contributed by atoms with Crippen LogP contribution in [0.25, 0.3) is 0 Å². The van der Waals surface area contributed by atoms with Crippen molar-refractivity contribution in [3.63, 3.8) is 0 Å². The van der Waals surface area contributed by atoms with Crippen LogP contribution >= 0.6 is 11.8 Å². The lowest BCUT2D eigenvalue weighted by molar-refractivity contribution is -0.128. The van der Waals surface area contributed by atoms with Gasteiger partial charge >= 0.3 is 0 Å². The molecule has 0 heterocycles. The van der Waals surface area contributed by atoms with Gasteiger partial charge in [0.2, 0.25) is 5.91 Å². The Bertz CT molecular complexity index is 558. The van der Waals surface area contributed by atoms with Crippen LogP contribution in [0.4, 0.5) is 0 Å². The van der Waals surface area contributed by atoms with E-state index in [9.17, 15) is 4.79 Å². The summed E-state index contributed by atoms with van der Waals surface area (Å²) in [6.07, 6.45) is 0. The number of hydrogen-bond acceptors (Lipinski definition) is 2. The zero-order valence-electron chi connectivity index (χ0n) is 14.1. The molecule has 23 heavy (non-hydrogen) atoms. The van der Waals surface area contributed by atoms with Gasteiger partial charge in [-0.2, -0.15) is 11.8 Å². The molecule has 0 spiro atoms. The van der Waals surface area contributed by atoms with Crippen LogP contribution in [-0.4, -0.2) is 29.4 Å². The highest BCUT2D eigenvalue weighted by Gasteiger charge is 2.23. The third-order valence-corrected chi connectivity index (χ3v) is 5.04. The zero-order chi connectivity index (χ0) is 16.7. The predicted octanol–water partition coefficient (Wildman–Crippen LogP) is 4.62. The molecule has 1 amide bonds. The average molecular weight is 327 g/mol. The first-order valence-corrected chi connectivity index (χ1v) is 9.18. The number of rotatable bonds is 7. The highest BCUT2D eigenvalue weighted by molar-refractivity contribution is 7.99. The number of carbonyl (C=O) groups is 1. The maximum atomic E-state index is 12.6. The van der Waals surface area contributed by atoms with Gasteiger partial charge in [-0.05, 0) is 22.8 Å². The summed E-state index contributed by atoms with van der Waals surface area (Å²) >= 11 is 1.71. The fourth-order valence-electron chi connectivity index (χ4n) is 2.54. The third-order valence-electron chi connectivity index (χ3n) is 3.69. The fraction of sp³-hybridized carbons (Fsp3) is 0.350. The van der Waals surface area contributed by atoms with Gasteiger partial charge in [0.05, 0.1) is 11.8 Å². The van der Waals surface area contributed by atoms with E-state index in [-0.39, 0.29) is 11.9 Å². The summed E-state index contributed by atoms with van der Waals surface area (Å²) in [5.74, 6) is 2.33. The van der Waals surface area contributed by atoms with Crippen molar-refractivity contribution in [1.29, 1.82) is 0 Å². The molecule has 0 atom stereocenters. The van der Waals surface area contributed by atoms with Crippen LogP contribution in [0.2, 0.25) is 0 Å². The Balaban J connectivity index is 2.19. The monoisotopic (exact) mass is 327 g/mol. The maximum absolute atomic E-state index is 12.6. The number of nitrogens with zero attached hydrogens (tertiary/aromatic N) is 1. The van der Waals surface area contributed by atoms with Crippen molar-refractivity contribution in [3.8, 4) is 0 Å². The molecule has 0 aromatic heterocycles. The number of carbonyl (C=O) groups excluding carboxylic acids is 1. The molecule has 122 valence electrons. The predicted molar refractivity (Wildman–Crippen MR) is 99.7 cm³/mol. The maximum Gasteiger partial charge on any atom is 0.233 e. The third kappa shape index (κ3) is 5.14. The van der Waals surface area contributed by atoms with Crippen molar-refractivity contribution in [2.24, 2.45) is 5.92 Å². The van der Waals surface area contributed by atoms with E-state index < -0.39 is 0 Å². The SMILES string of the molecule is CC(C)CSCC(=O)N(C)C(c1ccccc1)c1ccccc1. The molecule has 0 aliphatic carbocycles. The molecule has 2 aromatic carbocycles. The van der Waals surface area contributed by atoms with E-state index in [2.05, 4.69) is 38.1 Å². The van der Waals surface area contributed by atoms with Gasteiger partial charge in [0.1, 0.15) is 0 Å². The van der Waals surface area contributed by atoms with Gasteiger partial charge in [-0.1, -0.05) is 74.5 Å². The van der Waals surface area contributed by atoms with Crippen LogP contribution in [0, 0.1) is 5.92 Å².